The molecule has 1 rings (SSSR count). The number of aliphatic hydroxyl groups excluding tert-OH is 1. The number of nitrogens with one attached hydrogen (secondary N) is 1. The molecule has 0 aromatic carbocycles. The summed E-state index contributed by atoms with van der Waals surface area (Å²) in [7, 11) is 2.68. The Morgan fingerprint density at radius 1 is 1.30 bits per heavy atom. The summed E-state index contributed by atoms with van der Waals surface area (Å²) in [5, 5.41) is 12.6. The molecule has 0 aromatic heterocycles. The van der Waals surface area contributed by atoms with Gasteiger partial charge in [0, 0.05) is 26.4 Å². The molecule has 154 valence electrons. The third-order valence-corrected chi connectivity index (χ3v) is 3.49. The average Bonchev–Trinajstić information content (AvgIpc) is 3.00. The van der Waals surface area contributed by atoms with Crippen LogP contribution in [0.2, 0.25) is 0 Å². The predicted molar refractivity (Wildman–Crippen MR) is 94.2 cm³/mol. The van der Waals surface area contributed by atoms with E-state index < -0.39 is 48.6 Å². The quantitative estimate of drug-likeness (QED) is 0.231. The Morgan fingerprint density at radius 3 is 2.41 bits per heavy atom. The number of amides is 2. The molecule has 1 aliphatic rings. The first-order chi connectivity index (χ1) is 12.9. The number of hydrogen-bond donors (Lipinski definition) is 2. The van der Waals surface area contributed by atoms with Crippen LogP contribution in [-0.2, 0) is 33.4 Å². The Bertz CT molecular complexity index is 537. The van der Waals surface area contributed by atoms with Crippen molar-refractivity contribution in [2.24, 2.45) is 0 Å². The highest BCUT2D eigenvalue weighted by Crippen LogP contribution is 2.27. The fraction of sp³-hybridized carbons (Fsp3) is 0.647. The van der Waals surface area contributed by atoms with E-state index in [2.05, 4.69) is 10.1 Å². The van der Waals surface area contributed by atoms with Gasteiger partial charge in [-0.15, -0.1) is 0 Å². The minimum atomic E-state index is -1.40. The summed E-state index contributed by atoms with van der Waals surface area (Å²) in [4.78, 5) is 47.0. The first-order valence-corrected chi connectivity index (χ1v) is 8.56. The van der Waals surface area contributed by atoms with Crippen molar-refractivity contribution in [1.82, 2.24) is 10.2 Å². The number of nitrogens with zero attached hydrogens (tertiary/aromatic N) is 1. The van der Waals surface area contributed by atoms with Crippen molar-refractivity contribution in [3.05, 3.63) is 12.3 Å². The molecule has 4 atom stereocenters. The summed E-state index contributed by atoms with van der Waals surface area (Å²) in [5.74, 6) is -1.90. The first kappa shape index (κ1) is 24.7. The van der Waals surface area contributed by atoms with Gasteiger partial charge in [-0.25, -0.2) is 0 Å². The standard InChI is InChI=1S/C15H22N2O8.C2H6/c1-4-24-11(21)7-9(19)13-12(22)14(23-3)15(25-13)17(8-18)6-5-10(20)16-2;1-2/h5-6,8,12-15,22H,4,7H2,1-3H3,(H,16,20);1-2H3/b6-5-;. The van der Waals surface area contributed by atoms with Crippen molar-refractivity contribution in [3.63, 3.8) is 0 Å². The summed E-state index contributed by atoms with van der Waals surface area (Å²) >= 11 is 0. The maximum atomic E-state index is 12.1. The Kier molecular flexibility index (Phi) is 11.9. The fourth-order valence-electron chi connectivity index (χ4n) is 2.28. The predicted octanol–water partition coefficient (Wildman–Crippen LogP) is -0.646. The minimum absolute atomic E-state index is 0.118. The summed E-state index contributed by atoms with van der Waals surface area (Å²) in [6.07, 6.45) is -2.96. The normalized spacial score (nSPS) is 23.9. The van der Waals surface area contributed by atoms with Crippen molar-refractivity contribution in [2.45, 2.75) is 51.7 Å². The lowest BCUT2D eigenvalue weighted by atomic mass is 10.0. The van der Waals surface area contributed by atoms with Crippen molar-refractivity contribution in [1.29, 1.82) is 0 Å². The number of carbonyl (C=O) groups excluding carboxylic acids is 4. The molecule has 0 bridgehead atoms. The van der Waals surface area contributed by atoms with Gasteiger partial charge in [0.1, 0.15) is 24.7 Å². The van der Waals surface area contributed by atoms with E-state index in [-0.39, 0.29) is 6.61 Å². The molecule has 0 spiro atoms. The van der Waals surface area contributed by atoms with Crippen molar-refractivity contribution in [2.75, 3.05) is 20.8 Å². The van der Waals surface area contributed by atoms with E-state index in [0.717, 1.165) is 17.2 Å². The number of methoxy groups -OCH3 is 1. The zero-order chi connectivity index (χ0) is 21.0. The second-order valence-electron chi connectivity index (χ2n) is 5.07. The molecule has 4 unspecified atom stereocenters. The molecule has 2 N–H and O–H groups in total. The number of aliphatic hydroxyl groups is 1. The van der Waals surface area contributed by atoms with Gasteiger partial charge in [-0.05, 0) is 6.92 Å². The van der Waals surface area contributed by atoms with Crippen LogP contribution in [0.4, 0.5) is 0 Å². The molecule has 27 heavy (non-hydrogen) atoms. The first-order valence-electron chi connectivity index (χ1n) is 8.56. The SMILES string of the molecule is CC.CCOC(=O)CC(=O)C1OC(N(C=O)/C=C\C(=O)NC)C(OC)C1O. The van der Waals surface area contributed by atoms with Crippen LogP contribution >= 0.6 is 0 Å². The zero-order valence-electron chi connectivity index (χ0n) is 16.2. The highest BCUT2D eigenvalue weighted by molar-refractivity contribution is 5.98. The smallest absolute Gasteiger partial charge is 0.313 e. The van der Waals surface area contributed by atoms with E-state index in [9.17, 15) is 24.3 Å². The zero-order valence-corrected chi connectivity index (χ0v) is 16.2. The Hall–Kier alpha value is -2.30. The van der Waals surface area contributed by atoms with Gasteiger partial charge in [-0.3, -0.25) is 24.1 Å². The monoisotopic (exact) mass is 388 g/mol. The molecule has 10 heteroatoms. The topological polar surface area (TPSA) is 131 Å². The van der Waals surface area contributed by atoms with Gasteiger partial charge in [0.05, 0.1) is 6.61 Å². The molecule has 1 heterocycles. The number of likely N-dealkylation sites (N-methyl/N-ethyl adjacent to an activating group) is 1. The minimum Gasteiger partial charge on any atom is -0.466 e. The van der Waals surface area contributed by atoms with E-state index in [1.807, 2.05) is 13.8 Å². The Balaban J connectivity index is 0.00000326. The van der Waals surface area contributed by atoms with Crippen LogP contribution in [0.3, 0.4) is 0 Å². The third-order valence-electron chi connectivity index (χ3n) is 3.49. The fourth-order valence-corrected chi connectivity index (χ4v) is 2.28. The number of Topliss-reactive ketones (excluding diaryl/α,β-unsaturated/α-hetero) is 1. The van der Waals surface area contributed by atoms with Crippen molar-refractivity contribution < 1.29 is 38.5 Å². The van der Waals surface area contributed by atoms with Crippen LogP contribution in [0.25, 0.3) is 0 Å². The molecule has 0 saturated carbocycles. The summed E-state index contributed by atoms with van der Waals surface area (Å²) in [6, 6.07) is 0. The molecule has 0 radical (unpaired) electrons. The van der Waals surface area contributed by atoms with Gasteiger partial charge < -0.3 is 24.6 Å². The molecule has 1 saturated heterocycles. The largest absolute Gasteiger partial charge is 0.466 e. The summed E-state index contributed by atoms with van der Waals surface area (Å²) in [6.45, 7) is 5.72. The number of ketones is 1. The lowest BCUT2D eigenvalue weighted by molar-refractivity contribution is -0.152. The van der Waals surface area contributed by atoms with E-state index >= 15 is 0 Å². The van der Waals surface area contributed by atoms with Crippen molar-refractivity contribution in [3.8, 4) is 0 Å². The molecule has 2 amide bonds. The highest BCUT2D eigenvalue weighted by atomic mass is 16.6. The summed E-state index contributed by atoms with van der Waals surface area (Å²) < 4.78 is 15.2. The second kappa shape index (κ2) is 13.0. The third kappa shape index (κ3) is 7.08. The molecule has 1 aliphatic heterocycles. The van der Waals surface area contributed by atoms with E-state index in [0.29, 0.717) is 6.41 Å². The van der Waals surface area contributed by atoms with Crippen molar-refractivity contribution >= 4 is 24.1 Å². The maximum Gasteiger partial charge on any atom is 0.313 e. The number of esters is 1. The Morgan fingerprint density at radius 2 is 1.93 bits per heavy atom. The second-order valence-corrected chi connectivity index (χ2v) is 5.07. The lowest BCUT2D eigenvalue weighted by Gasteiger charge is -2.25. The van der Waals surface area contributed by atoms with Crippen LogP contribution in [0, 0.1) is 0 Å². The molecule has 0 aliphatic carbocycles. The van der Waals surface area contributed by atoms with Gasteiger partial charge in [0.2, 0.25) is 12.3 Å². The van der Waals surface area contributed by atoms with Gasteiger partial charge in [-0.2, -0.15) is 0 Å². The number of hydrogen-bond acceptors (Lipinski definition) is 8. The maximum absolute atomic E-state index is 12.1. The molecule has 10 nitrogen and oxygen atoms in total. The van der Waals surface area contributed by atoms with Crippen LogP contribution in [0.15, 0.2) is 12.3 Å². The average molecular weight is 388 g/mol. The van der Waals surface area contributed by atoms with Crippen LogP contribution in [-0.4, -0.2) is 79.4 Å². The number of ether oxygens (including phenoxy) is 3. The molecular weight excluding hydrogens is 360 g/mol. The highest BCUT2D eigenvalue weighted by Gasteiger charge is 2.49. The van der Waals surface area contributed by atoms with Crippen LogP contribution < -0.4 is 5.32 Å². The number of carbonyl (C=O) groups is 4. The molecular formula is C17H28N2O8. The van der Waals surface area contributed by atoms with Gasteiger partial charge in [0.15, 0.2) is 12.0 Å². The summed E-state index contributed by atoms with van der Waals surface area (Å²) in [5.41, 5.74) is 0. The molecule has 0 aromatic rings. The van der Waals surface area contributed by atoms with Gasteiger partial charge >= 0.3 is 5.97 Å². The van der Waals surface area contributed by atoms with Gasteiger partial charge in [-0.1, -0.05) is 13.8 Å². The molecule has 1 fully saturated rings. The Labute approximate surface area is 158 Å². The lowest BCUT2D eigenvalue weighted by Crippen LogP contribution is -2.42. The van der Waals surface area contributed by atoms with E-state index in [1.54, 1.807) is 6.92 Å². The number of rotatable bonds is 9. The van der Waals surface area contributed by atoms with E-state index in [1.165, 1.54) is 14.2 Å². The van der Waals surface area contributed by atoms with Crippen LogP contribution in [0.5, 0.6) is 0 Å². The van der Waals surface area contributed by atoms with Gasteiger partial charge in [0.25, 0.3) is 0 Å². The van der Waals surface area contributed by atoms with E-state index in [4.69, 9.17) is 9.47 Å². The van der Waals surface area contributed by atoms with Crippen LogP contribution in [0.1, 0.15) is 27.2 Å².